The van der Waals surface area contributed by atoms with Crippen molar-refractivity contribution >= 4 is 137 Å². The number of aliphatic carboxylic acids is 2. The highest BCUT2D eigenvalue weighted by atomic mass is 16.5. The number of hydrogen-bond donors (Lipinski definition) is 6. The molecule has 16 bridgehead atoms. The molecule has 0 fully saturated rings. The molecule has 6 aliphatic rings. The van der Waals surface area contributed by atoms with Gasteiger partial charge in [-0.05, 0) is 196 Å². The Labute approximate surface area is 610 Å². The summed E-state index contributed by atoms with van der Waals surface area (Å²) in [5.74, 6) is -7.34. The van der Waals surface area contributed by atoms with Crippen molar-refractivity contribution in [1.29, 1.82) is 0 Å². The van der Waals surface area contributed by atoms with Crippen LogP contribution in [-0.4, -0.2) is 140 Å². The Hall–Kier alpha value is -12.1. The average molecular weight is 1440 g/mol. The first kappa shape index (κ1) is 75.1. The van der Waals surface area contributed by atoms with E-state index in [4.69, 9.17) is 48.4 Å². The molecule has 106 heavy (non-hydrogen) atoms. The van der Waals surface area contributed by atoms with Crippen LogP contribution in [0.1, 0.15) is 156 Å². The van der Waals surface area contributed by atoms with E-state index >= 15 is 0 Å². The molecule has 4 atom stereocenters. The van der Waals surface area contributed by atoms with Crippen LogP contribution in [0.2, 0.25) is 0 Å². The third-order valence-electron chi connectivity index (χ3n) is 21.4. The third-order valence-corrected chi connectivity index (χ3v) is 21.4. The number of rotatable bonds is 18. The topological polar surface area (TPSA) is 347 Å². The molecule has 6 aromatic rings. The second kappa shape index (κ2) is 29.9. The first-order valence-electron chi connectivity index (χ1n) is 34.4. The number of carbonyl (C=O) groups is 8. The van der Waals surface area contributed by atoms with Crippen LogP contribution in [0.3, 0.4) is 0 Å². The number of ether oxygens (including phenoxy) is 6. The summed E-state index contributed by atoms with van der Waals surface area (Å²) in [6.07, 6.45) is 11.6. The van der Waals surface area contributed by atoms with Gasteiger partial charge in [-0.15, -0.1) is 0 Å². The van der Waals surface area contributed by atoms with Crippen molar-refractivity contribution in [2.24, 2.45) is 11.8 Å². The number of hydrogen-bond acceptors (Lipinski definition) is 18. The molecule has 4 aliphatic heterocycles. The van der Waals surface area contributed by atoms with Crippen molar-refractivity contribution < 1.29 is 77.0 Å². The van der Waals surface area contributed by atoms with Gasteiger partial charge in [-0.2, -0.15) is 0 Å². The van der Waals surface area contributed by atoms with Gasteiger partial charge < -0.3 is 58.6 Å². The van der Waals surface area contributed by atoms with Gasteiger partial charge in [0.1, 0.15) is 11.8 Å². The van der Waals surface area contributed by atoms with Crippen molar-refractivity contribution in [1.82, 2.24) is 39.9 Å². The van der Waals surface area contributed by atoms with Gasteiger partial charge in [0, 0.05) is 80.9 Å². The van der Waals surface area contributed by atoms with Crippen molar-refractivity contribution in [3.8, 4) is 0 Å². The van der Waals surface area contributed by atoms with Crippen LogP contribution in [0.4, 0.5) is 0 Å². The van der Waals surface area contributed by atoms with E-state index in [-0.39, 0.29) is 61.6 Å². The van der Waals surface area contributed by atoms with Gasteiger partial charge in [-0.3, -0.25) is 38.7 Å². The van der Waals surface area contributed by atoms with E-state index in [1.807, 2.05) is 104 Å². The third kappa shape index (κ3) is 13.4. The summed E-state index contributed by atoms with van der Waals surface area (Å²) >= 11 is 0. The van der Waals surface area contributed by atoms with E-state index in [1.165, 1.54) is 42.7 Å². The van der Waals surface area contributed by atoms with Gasteiger partial charge in [-0.25, -0.2) is 19.6 Å². The monoisotopic (exact) mass is 1440 g/mol. The molecule has 10 heterocycles. The molecule has 0 saturated heterocycles. The normalized spacial score (nSPS) is 17.8. The second-order valence-electron chi connectivity index (χ2n) is 27.0. The summed E-state index contributed by atoms with van der Waals surface area (Å²) in [4.78, 5) is 136. The van der Waals surface area contributed by atoms with E-state index in [9.17, 15) is 48.6 Å². The Morgan fingerprint density at radius 1 is 0.415 bits per heavy atom. The molecule has 12 rings (SSSR count). The van der Waals surface area contributed by atoms with Gasteiger partial charge >= 0.3 is 47.8 Å². The zero-order valence-corrected chi connectivity index (χ0v) is 61.7. The molecule has 24 nitrogen and oxygen atoms in total. The summed E-state index contributed by atoms with van der Waals surface area (Å²) < 4.78 is 30.7. The minimum Gasteiger partial charge on any atom is -0.481 e. The molecular formula is C82H84N8O16. The van der Waals surface area contributed by atoms with Crippen LogP contribution in [0.15, 0.2) is 97.1 Å². The van der Waals surface area contributed by atoms with Gasteiger partial charge in [0.2, 0.25) is 0 Å². The largest absolute Gasteiger partial charge is 0.481 e. The lowest BCUT2D eigenvalue weighted by atomic mass is 9.64. The Morgan fingerprint density at radius 3 is 1.12 bits per heavy atom. The number of H-pyrrole nitrogens is 4. The standard InChI is InChI=1S/2C41H42N4O8/c1-9-23-20(2)29-17-34-27-13-10-26(39(49)52-7)38(40(50)53-8)41(27,5)35(45-34)19-30-22(4)24(11-14-36(46)47)32(44-30)18-33-25(12-15-37(48)51-6)21(3)28(43-33)16-31(23)42-29;1-9-23-20(2)29-17-34-27-13-10-26(39(49)52-7)38(40(50)53-8)41(27,5)35(45-34)19-30-22(4)25(12-15-37(48)51-6)33(44-30)18-32-24(11-14-36(46)47)21(3)28(43-32)16-31(23)42-29/h2*9-10,13,16-19,38,42,44H,1,11-12,14-15H2,2-8H3,(H,46,47)/t2*38?,41-/m00/s1. The quantitative estimate of drug-likeness (QED) is 0.0344. The van der Waals surface area contributed by atoms with E-state index in [0.29, 0.717) is 91.6 Å². The molecule has 6 N–H and O–H groups in total. The fourth-order valence-corrected chi connectivity index (χ4v) is 15.4. The van der Waals surface area contributed by atoms with Crippen molar-refractivity contribution in [2.75, 3.05) is 42.7 Å². The van der Waals surface area contributed by atoms with E-state index < -0.39 is 58.5 Å². The molecule has 0 spiro atoms. The van der Waals surface area contributed by atoms with Gasteiger partial charge in [0.15, 0.2) is 0 Å². The molecule has 0 radical (unpaired) electrons. The number of aryl methyl sites for hydroxylation is 6. The number of carboxylic acids is 2. The lowest BCUT2D eigenvalue weighted by Gasteiger charge is -2.36. The first-order valence-corrected chi connectivity index (χ1v) is 34.4. The second-order valence-corrected chi connectivity index (χ2v) is 27.0. The highest BCUT2D eigenvalue weighted by Crippen LogP contribution is 2.54. The number of aromatic amines is 4. The van der Waals surface area contributed by atoms with Crippen LogP contribution in [0, 0.1) is 39.5 Å². The number of nitrogens with one attached hydrogen (secondary N) is 4. The minimum atomic E-state index is -1.18. The molecule has 0 amide bonds. The molecule has 548 valence electrons. The zero-order chi connectivity index (χ0) is 76.7. The summed E-state index contributed by atoms with van der Waals surface area (Å²) in [7, 11) is 7.78. The fraction of sp³-hybridized carbons (Fsp3) is 0.317. The van der Waals surface area contributed by atoms with Gasteiger partial charge in [0.05, 0.1) is 110 Å². The van der Waals surface area contributed by atoms with Crippen LogP contribution in [-0.2, 0) is 90.4 Å². The summed E-state index contributed by atoms with van der Waals surface area (Å²) in [6.45, 7) is 23.6. The number of carboxylic acid groups (broad SMARTS) is 2. The molecule has 2 unspecified atom stereocenters. The number of fused-ring (bicyclic) bond motifs is 22. The summed E-state index contributed by atoms with van der Waals surface area (Å²) in [5, 5.41) is 19.3. The minimum absolute atomic E-state index is 0.0837. The predicted molar refractivity (Wildman–Crippen MR) is 402 cm³/mol. The lowest BCUT2D eigenvalue weighted by Crippen LogP contribution is -2.42. The number of methoxy groups -OCH3 is 6. The lowest BCUT2D eigenvalue weighted by molar-refractivity contribution is -0.149. The summed E-state index contributed by atoms with van der Waals surface area (Å²) in [5.41, 5.74) is 19.8. The maximum Gasteiger partial charge on any atom is 0.334 e. The highest BCUT2D eigenvalue weighted by molar-refractivity contribution is 6.04. The first-order chi connectivity index (χ1) is 50.5. The van der Waals surface area contributed by atoms with Gasteiger partial charge in [-0.1, -0.05) is 49.6 Å². The Balaban J connectivity index is 0.000000212. The number of carbonyl (C=O) groups excluding carboxylic acids is 6. The molecule has 0 aromatic carbocycles. The Kier molecular flexibility index (Phi) is 21.2. The Bertz CT molecular complexity index is 5410. The van der Waals surface area contributed by atoms with Crippen LogP contribution < -0.4 is 0 Å². The van der Waals surface area contributed by atoms with Crippen LogP contribution in [0.25, 0.3) is 89.7 Å². The smallest absolute Gasteiger partial charge is 0.334 e. The maximum atomic E-state index is 13.7. The highest BCUT2D eigenvalue weighted by Gasteiger charge is 2.55. The number of aromatic nitrogens is 8. The van der Waals surface area contributed by atoms with E-state index in [1.54, 1.807) is 36.5 Å². The maximum absolute atomic E-state index is 13.7. The van der Waals surface area contributed by atoms with Gasteiger partial charge in [0.25, 0.3) is 0 Å². The predicted octanol–water partition coefficient (Wildman–Crippen LogP) is 13.4. The SMILES string of the molecule is C=Cc1c(C)c2cc3nc(cc4[nH]c(cc5nc(cc1[nH]2)C(C)=C5CCC(=O)O)c(CCC(=O)OC)c4C)[C@]1(C)C3=CC=C(C(=O)OC)C1C(=O)OC.C=Cc1c(C)c2cc3nc(cc4[nH]c(cc5nc(cc1[nH]2)C(C)=C5CCC(=O)OC)c(CCC(=O)O)c4C)[C@]1(C)C3=CC=C(C(=O)OC)C1C(=O)OC. The molecule has 6 aromatic heterocycles. The number of allylic oxidation sites excluding steroid dienone is 10. The average Bonchev–Trinajstić information content (AvgIpc) is 1.53. The van der Waals surface area contributed by atoms with Crippen molar-refractivity contribution in [3.63, 3.8) is 0 Å². The van der Waals surface area contributed by atoms with Crippen LogP contribution in [0.5, 0.6) is 0 Å². The Morgan fingerprint density at radius 2 is 0.755 bits per heavy atom. The molecule has 2 aliphatic carbocycles. The summed E-state index contributed by atoms with van der Waals surface area (Å²) in [6, 6.07) is 15.2. The molecule has 0 saturated carbocycles. The number of esters is 6. The van der Waals surface area contributed by atoms with Crippen molar-refractivity contribution in [3.05, 3.63) is 187 Å². The molecule has 24 heteroatoms. The van der Waals surface area contributed by atoms with Crippen molar-refractivity contribution in [2.45, 2.75) is 118 Å². The molecular weight excluding hydrogens is 1350 g/mol. The van der Waals surface area contributed by atoms with E-state index in [0.717, 1.165) is 88.9 Å². The number of nitrogens with zero attached hydrogens (tertiary/aromatic N) is 4. The fourth-order valence-electron chi connectivity index (χ4n) is 15.4. The van der Waals surface area contributed by atoms with E-state index in [2.05, 4.69) is 33.1 Å². The van der Waals surface area contributed by atoms with Crippen LogP contribution >= 0.6 is 0 Å². The zero-order valence-electron chi connectivity index (χ0n) is 61.7.